The van der Waals surface area contributed by atoms with E-state index in [4.69, 9.17) is 15.8 Å². The molecule has 2 aliphatic heterocycles. The topological polar surface area (TPSA) is 166 Å². The van der Waals surface area contributed by atoms with Crippen molar-refractivity contribution in [3.05, 3.63) is 34.2 Å². The molecule has 0 aromatic heterocycles. The number of sulfonamides is 1. The molecule has 1 atom stereocenters. The van der Waals surface area contributed by atoms with Gasteiger partial charge in [-0.15, -0.1) is 0 Å². The predicted molar refractivity (Wildman–Crippen MR) is 154 cm³/mol. The van der Waals surface area contributed by atoms with E-state index in [1.165, 1.54) is 15.8 Å². The number of aryl methyl sites for hydroxylation is 2. The molecular weight excluding hydrogens is 534 g/mol. The summed E-state index contributed by atoms with van der Waals surface area (Å²) in [6.07, 6.45) is 5.37. The first-order valence-electron chi connectivity index (χ1n) is 13.9. The lowest BCUT2D eigenvalue weighted by Gasteiger charge is -2.34. The van der Waals surface area contributed by atoms with Crippen LogP contribution in [0.5, 0.6) is 0 Å². The van der Waals surface area contributed by atoms with Gasteiger partial charge in [-0.3, -0.25) is 14.7 Å². The van der Waals surface area contributed by atoms with E-state index in [9.17, 15) is 23.1 Å². The number of piperidine rings is 1. The Bertz CT molecular complexity index is 1270. The van der Waals surface area contributed by atoms with Gasteiger partial charge in [0, 0.05) is 30.1 Å². The predicted octanol–water partition coefficient (Wildman–Crippen LogP) is 2.03. The molecule has 220 valence electrons. The zero-order chi connectivity index (χ0) is 29.2. The Hall–Kier alpha value is -2.80. The summed E-state index contributed by atoms with van der Waals surface area (Å²) in [5.41, 5.74) is 7.14. The van der Waals surface area contributed by atoms with Crippen LogP contribution in [0.4, 0.5) is 10.5 Å². The third kappa shape index (κ3) is 6.40. The normalized spacial score (nSPS) is 24.2. The molecule has 5 N–H and O–H groups in total. The van der Waals surface area contributed by atoms with Gasteiger partial charge in [0.05, 0.1) is 19.3 Å². The van der Waals surface area contributed by atoms with Crippen molar-refractivity contribution in [2.45, 2.75) is 70.9 Å². The first-order chi connectivity index (χ1) is 18.8. The molecule has 4 rings (SSSR count). The average molecular weight is 576 g/mol. The number of anilines is 1. The van der Waals surface area contributed by atoms with Crippen LogP contribution in [0.2, 0.25) is 0 Å². The summed E-state index contributed by atoms with van der Waals surface area (Å²) in [6, 6.07) is 2.58. The van der Waals surface area contributed by atoms with E-state index in [2.05, 4.69) is 12.2 Å². The molecule has 1 saturated carbocycles. The first-order valence-corrected chi connectivity index (χ1v) is 15.4. The minimum Gasteiger partial charge on any atom is -0.394 e. The summed E-state index contributed by atoms with van der Waals surface area (Å²) >= 11 is 0. The van der Waals surface area contributed by atoms with Crippen molar-refractivity contribution in [2.75, 3.05) is 31.1 Å². The van der Waals surface area contributed by atoms with Crippen molar-refractivity contribution in [3.63, 3.8) is 0 Å². The molecule has 1 aromatic carbocycles. The fraction of sp³-hybridized carbons (Fsp3) is 0.607. The summed E-state index contributed by atoms with van der Waals surface area (Å²) in [4.78, 5) is 30.9. The van der Waals surface area contributed by atoms with Crippen LogP contribution in [0.15, 0.2) is 22.5 Å². The number of hydrogen-bond acceptors (Lipinski definition) is 7. The lowest BCUT2D eigenvalue weighted by molar-refractivity contribution is -0.125. The maximum atomic E-state index is 13.2. The Labute approximate surface area is 236 Å². The lowest BCUT2D eigenvalue weighted by Crippen LogP contribution is -2.50. The van der Waals surface area contributed by atoms with Crippen LogP contribution >= 0.6 is 0 Å². The Kier molecular flexibility index (Phi) is 9.03. The standard InChI is InChI=1S/C28H41N5O6S/c1-18-4-6-21(7-5-18)25-30-26(36)28(31-25)9-11-32(12-10-28)40(38,39)13-8-24-19(2)14-22(15-20(24)3)33(27(29)37)16-23(35)17-34/h8,13-15,18,21,23,34-35H,4-7,9-12,16-17H2,1-3H3,(H2,29,37)(H,30,31,36). The first kappa shape index (κ1) is 30.2. The van der Waals surface area contributed by atoms with Gasteiger partial charge < -0.3 is 21.3 Å². The number of urea groups is 1. The van der Waals surface area contributed by atoms with Gasteiger partial charge in [0.25, 0.3) is 5.91 Å². The highest BCUT2D eigenvalue weighted by Gasteiger charge is 2.48. The Morgan fingerprint density at radius 3 is 2.38 bits per heavy atom. The van der Waals surface area contributed by atoms with Gasteiger partial charge in [-0.1, -0.05) is 19.8 Å². The number of rotatable bonds is 8. The molecule has 3 amide bonds. The van der Waals surface area contributed by atoms with Crippen molar-refractivity contribution in [3.8, 4) is 0 Å². The fourth-order valence-electron chi connectivity index (χ4n) is 5.92. The number of benzene rings is 1. The van der Waals surface area contributed by atoms with E-state index < -0.39 is 34.3 Å². The van der Waals surface area contributed by atoms with Gasteiger partial charge in [0.2, 0.25) is 10.0 Å². The summed E-state index contributed by atoms with van der Waals surface area (Å²) in [5, 5.41) is 23.1. The fourth-order valence-corrected chi connectivity index (χ4v) is 7.09. The van der Waals surface area contributed by atoms with Crippen molar-refractivity contribution in [1.29, 1.82) is 0 Å². The molecule has 0 bridgehead atoms. The molecule has 1 aliphatic carbocycles. The second-order valence-electron chi connectivity index (χ2n) is 11.5. The molecule has 1 unspecified atom stereocenters. The quantitative estimate of drug-likeness (QED) is 0.370. The van der Waals surface area contributed by atoms with E-state index in [1.54, 1.807) is 26.0 Å². The Morgan fingerprint density at radius 2 is 1.82 bits per heavy atom. The number of carbonyl (C=O) groups is 2. The highest BCUT2D eigenvalue weighted by atomic mass is 32.2. The zero-order valence-corrected chi connectivity index (χ0v) is 24.3. The smallest absolute Gasteiger partial charge is 0.319 e. The lowest BCUT2D eigenvalue weighted by atomic mass is 9.82. The third-order valence-electron chi connectivity index (χ3n) is 8.48. The summed E-state index contributed by atoms with van der Waals surface area (Å²) < 4.78 is 27.8. The Balaban J connectivity index is 1.44. The van der Waals surface area contributed by atoms with Crippen molar-refractivity contribution in [1.82, 2.24) is 9.62 Å². The molecule has 40 heavy (non-hydrogen) atoms. The highest BCUT2D eigenvalue weighted by molar-refractivity contribution is 7.92. The number of nitrogens with one attached hydrogen (secondary N) is 1. The van der Waals surface area contributed by atoms with Gasteiger partial charge in [-0.05, 0) is 80.3 Å². The summed E-state index contributed by atoms with van der Waals surface area (Å²) in [7, 11) is -3.75. The van der Waals surface area contributed by atoms with Crippen LogP contribution in [0.1, 0.15) is 62.1 Å². The number of amidine groups is 1. The summed E-state index contributed by atoms with van der Waals surface area (Å²) in [5.74, 6) is 1.64. The number of amides is 3. The number of hydrogen-bond donors (Lipinski definition) is 4. The minimum absolute atomic E-state index is 0.114. The highest BCUT2D eigenvalue weighted by Crippen LogP contribution is 2.36. The maximum absolute atomic E-state index is 13.2. The van der Waals surface area contributed by atoms with E-state index in [-0.39, 0.29) is 31.5 Å². The van der Waals surface area contributed by atoms with Crippen LogP contribution in [0.3, 0.4) is 0 Å². The molecular formula is C28H41N5O6S. The number of carbonyl (C=O) groups excluding carboxylic acids is 2. The molecule has 3 aliphatic rings. The van der Waals surface area contributed by atoms with Crippen molar-refractivity contribution < 1.29 is 28.2 Å². The monoisotopic (exact) mass is 575 g/mol. The Morgan fingerprint density at radius 1 is 1.23 bits per heavy atom. The van der Waals surface area contributed by atoms with E-state index in [0.29, 0.717) is 41.1 Å². The van der Waals surface area contributed by atoms with E-state index in [0.717, 1.165) is 36.4 Å². The molecule has 2 fully saturated rings. The molecule has 2 heterocycles. The van der Waals surface area contributed by atoms with Crippen LogP contribution in [0, 0.1) is 25.7 Å². The molecule has 0 radical (unpaired) electrons. The largest absolute Gasteiger partial charge is 0.394 e. The number of aliphatic hydroxyl groups excluding tert-OH is 2. The molecule has 1 spiro atoms. The van der Waals surface area contributed by atoms with Crippen molar-refractivity contribution in [2.24, 2.45) is 22.6 Å². The number of primary amides is 1. The van der Waals surface area contributed by atoms with E-state index in [1.807, 2.05) is 0 Å². The molecule has 12 heteroatoms. The molecule has 1 aromatic rings. The maximum Gasteiger partial charge on any atom is 0.319 e. The van der Waals surface area contributed by atoms with Gasteiger partial charge >= 0.3 is 6.03 Å². The second-order valence-corrected chi connectivity index (χ2v) is 13.3. The van der Waals surface area contributed by atoms with Gasteiger partial charge in [0.1, 0.15) is 11.4 Å². The summed E-state index contributed by atoms with van der Waals surface area (Å²) in [6.45, 7) is 5.54. The van der Waals surface area contributed by atoms with Crippen LogP contribution in [0.25, 0.3) is 6.08 Å². The number of nitrogens with two attached hydrogens (primary N) is 1. The third-order valence-corrected chi connectivity index (χ3v) is 10.0. The van der Waals surface area contributed by atoms with Crippen molar-refractivity contribution >= 4 is 39.6 Å². The van der Waals surface area contributed by atoms with Gasteiger partial charge in [-0.25, -0.2) is 13.2 Å². The minimum atomic E-state index is -3.75. The number of aliphatic imine (C=N–C) groups is 1. The van der Waals surface area contributed by atoms with Crippen LogP contribution in [-0.2, 0) is 14.8 Å². The number of nitrogens with zero attached hydrogens (tertiary/aromatic N) is 3. The second kappa shape index (κ2) is 12.0. The van der Waals surface area contributed by atoms with Crippen LogP contribution in [-0.4, -0.2) is 78.6 Å². The zero-order valence-electron chi connectivity index (χ0n) is 23.5. The molecule has 1 saturated heterocycles. The van der Waals surface area contributed by atoms with Gasteiger partial charge in [0.15, 0.2) is 0 Å². The van der Waals surface area contributed by atoms with Crippen LogP contribution < -0.4 is 16.0 Å². The van der Waals surface area contributed by atoms with Gasteiger partial charge in [-0.2, -0.15) is 4.31 Å². The van der Waals surface area contributed by atoms with E-state index >= 15 is 0 Å². The number of aliphatic hydroxyl groups is 2. The SMILES string of the molecule is Cc1cc(N(CC(O)CO)C(N)=O)cc(C)c1C=CS(=O)(=O)N1CCC2(CC1)N=C(C1CCC(C)CC1)NC2=O. The molecule has 11 nitrogen and oxygen atoms in total. The average Bonchev–Trinajstić information content (AvgIpc) is 3.21.